The molecule has 1 aliphatic rings. The summed E-state index contributed by atoms with van der Waals surface area (Å²) in [5.74, 6) is 1.84. The molecule has 0 spiro atoms. The van der Waals surface area contributed by atoms with Crippen molar-refractivity contribution in [1.29, 1.82) is 0 Å². The molecule has 1 aliphatic heterocycles. The number of hydrogen-bond donors (Lipinski definition) is 0. The van der Waals surface area contributed by atoms with Crippen molar-refractivity contribution >= 4 is 17.7 Å². The highest BCUT2D eigenvalue weighted by atomic mass is 32.2. The van der Waals surface area contributed by atoms with E-state index in [1.165, 1.54) is 11.8 Å². The summed E-state index contributed by atoms with van der Waals surface area (Å²) in [6.45, 7) is 3.23. The summed E-state index contributed by atoms with van der Waals surface area (Å²) in [6.07, 6.45) is 7.03. The number of rotatable bonds is 5. The van der Waals surface area contributed by atoms with Gasteiger partial charge in [-0.3, -0.25) is 9.78 Å². The van der Waals surface area contributed by atoms with Gasteiger partial charge in [0.1, 0.15) is 11.9 Å². The van der Waals surface area contributed by atoms with Crippen LogP contribution in [0.15, 0.2) is 41.7 Å². The van der Waals surface area contributed by atoms with Gasteiger partial charge in [-0.15, -0.1) is 11.8 Å². The summed E-state index contributed by atoms with van der Waals surface area (Å²) < 4.78 is 5.92. The molecule has 1 fully saturated rings. The SMILES string of the molecule is Cc1nccc(OC2CCCN(C(=O)CSc3ccncc3)C2)n1. The van der Waals surface area contributed by atoms with Crippen molar-refractivity contribution in [3.05, 3.63) is 42.6 Å². The van der Waals surface area contributed by atoms with Crippen LogP contribution in [-0.4, -0.2) is 50.7 Å². The van der Waals surface area contributed by atoms with Crippen molar-refractivity contribution < 1.29 is 9.53 Å². The molecule has 3 rings (SSSR count). The molecule has 7 heteroatoms. The molecule has 2 aromatic rings. The topological polar surface area (TPSA) is 68.2 Å². The van der Waals surface area contributed by atoms with Gasteiger partial charge in [0, 0.05) is 36.1 Å². The van der Waals surface area contributed by atoms with Gasteiger partial charge in [0.25, 0.3) is 0 Å². The zero-order chi connectivity index (χ0) is 16.8. The molecule has 1 saturated heterocycles. The minimum absolute atomic E-state index is 0.0112. The Hall–Kier alpha value is -2.15. The maximum absolute atomic E-state index is 12.4. The van der Waals surface area contributed by atoms with Crippen LogP contribution in [0, 0.1) is 6.92 Å². The van der Waals surface area contributed by atoms with Gasteiger partial charge in [0.15, 0.2) is 0 Å². The van der Waals surface area contributed by atoms with E-state index < -0.39 is 0 Å². The van der Waals surface area contributed by atoms with Crippen molar-refractivity contribution in [1.82, 2.24) is 19.9 Å². The highest BCUT2D eigenvalue weighted by Gasteiger charge is 2.25. The number of amides is 1. The van der Waals surface area contributed by atoms with E-state index >= 15 is 0 Å². The second-order valence-corrected chi connectivity index (χ2v) is 6.68. The lowest BCUT2D eigenvalue weighted by molar-refractivity contribution is -0.130. The zero-order valence-electron chi connectivity index (χ0n) is 13.6. The van der Waals surface area contributed by atoms with Crippen LogP contribution in [-0.2, 0) is 4.79 Å². The Morgan fingerprint density at radius 1 is 1.33 bits per heavy atom. The van der Waals surface area contributed by atoms with Crippen LogP contribution < -0.4 is 4.74 Å². The fraction of sp³-hybridized carbons (Fsp3) is 0.412. The molecular formula is C17H20N4O2S. The lowest BCUT2D eigenvalue weighted by Gasteiger charge is -2.32. The smallest absolute Gasteiger partial charge is 0.233 e. The van der Waals surface area contributed by atoms with Crippen molar-refractivity contribution in [3.63, 3.8) is 0 Å². The van der Waals surface area contributed by atoms with Crippen molar-refractivity contribution in [2.45, 2.75) is 30.8 Å². The van der Waals surface area contributed by atoms with E-state index in [9.17, 15) is 4.79 Å². The van der Waals surface area contributed by atoms with Gasteiger partial charge in [-0.2, -0.15) is 4.98 Å². The number of hydrogen-bond acceptors (Lipinski definition) is 6. The summed E-state index contributed by atoms with van der Waals surface area (Å²) in [7, 11) is 0. The average molecular weight is 344 g/mol. The summed E-state index contributed by atoms with van der Waals surface area (Å²) in [4.78, 5) is 27.7. The summed E-state index contributed by atoms with van der Waals surface area (Å²) in [6, 6.07) is 5.59. The molecule has 24 heavy (non-hydrogen) atoms. The maximum Gasteiger partial charge on any atom is 0.233 e. The Labute approximate surface area is 145 Å². The maximum atomic E-state index is 12.4. The van der Waals surface area contributed by atoms with E-state index in [4.69, 9.17) is 4.74 Å². The Bertz CT molecular complexity index is 683. The van der Waals surface area contributed by atoms with Crippen LogP contribution in [0.4, 0.5) is 0 Å². The highest BCUT2D eigenvalue weighted by Crippen LogP contribution is 2.20. The van der Waals surface area contributed by atoms with Crippen LogP contribution in [0.2, 0.25) is 0 Å². The Morgan fingerprint density at radius 2 is 2.17 bits per heavy atom. The van der Waals surface area contributed by atoms with Gasteiger partial charge in [-0.1, -0.05) is 0 Å². The number of ether oxygens (including phenoxy) is 1. The van der Waals surface area contributed by atoms with Gasteiger partial charge in [-0.25, -0.2) is 4.98 Å². The molecule has 126 valence electrons. The first-order valence-electron chi connectivity index (χ1n) is 7.97. The van der Waals surface area contributed by atoms with Crippen LogP contribution in [0.3, 0.4) is 0 Å². The number of carbonyl (C=O) groups excluding carboxylic acids is 1. The quantitative estimate of drug-likeness (QED) is 0.776. The Balaban J connectivity index is 1.52. The molecule has 1 amide bonds. The summed E-state index contributed by atoms with van der Waals surface area (Å²) in [5, 5.41) is 0. The summed E-state index contributed by atoms with van der Waals surface area (Å²) >= 11 is 1.54. The zero-order valence-corrected chi connectivity index (χ0v) is 14.4. The Kier molecular flexibility index (Phi) is 5.63. The molecule has 0 radical (unpaired) electrons. The molecule has 0 N–H and O–H groups in total. The van der Waals surface area contributed by atoms with E-state index in [0.29, 0.717) is 24.0 Å². The number of piperidine rings is 1. The van der Waals surface area contributed by atoms with E-state index in [1.807, 2.05) is 24.0 Å². The molecule has 0 bridgehead atoms. The first-order valence-corrected chi connectivity index (χ1v) is 8.96. The molecule has 2 aromatic heterocycles. The van der Waals surface area contributed by atoms with Gasteiger partial charge in [0.05, 0.1) is 12.3 Å². The number of thioether (sulfide) groups is 1. The lowest BCUT2D eigenvalue weighted by atomic mass is 10.1. The molecule has 1 atom stereocenters. The third-order valence-electron chi connectivity index (χ3n) is 3.78. The fourth-order valence-corrected chi connectivity index (χ4v) is 3.39. The summed E-state index contributed by atoms with van der Waals surface area (Å²) in [5.41, 5.74) is 0. The van der Waals surface area contributed by atoms with E-state index in [2.05, 4.69) is 15.0 Å². The Morgan fingerprint density at radius 3 is 2.96 bits per heavy atom. The largest absolute Gasteiger partial charge is 0.472 e. The standard InChI is InChI=1S/C17H20N4O2S/c1-13-19-9-6-16(20-13)23-14-3-2-10-21(11-14)17(22)12-24-15-4-7-18-8-5-15/h4-9,14H,2-3,10-12H2,1H3. The lowest BCUT2D eigenvalue weighted by Crippen LogP contribution is -2.45. The number of likely N-dealkylation sites (tertiary alicyclic amines) is 1. The number of carbonyl (C=O) groups is 1. The van der Waals surface area contributed by atoms with Gasteiger partial charge >= 0.3 is 0 Å². The van der Waals surface area contributed by atoms with Crippen LogP contribution in [0.1, 0.15) is 18.7 Å². The first kappa shape index (κ1) is 16.7. The number of pyridine rings is 1. The van der Waals surface area contributed by atoms with Gasteiger partial charge < -0.3 is 9.64 Å². The minimum atomic E-state index is -0.0112. The van der Waals surface area contributed by atoms with Crippen molar-refractivity contribution in [2.75, 3.05) is 18.8 Å². The third-order valence-corrected chi connectivity index (χ3v) is 4.78. The predicted octanol–water partition coefficient (Wildman–Crippen LogP) is 2.34. The molecule has 1 unspecified atom stereocenters. The van der Waals surface area contributed by atoms with Crippen LogP contribution >= 0.6 is 11.8 Å². The third kappa shape index (κ3) is 4.67. The highest BCUT2D eigenvalue weighted by molar-refractivity contribution is 8.00. The normalized spacial score (nSPS) is 17.5. The fourth-order valence-electron chi connectivity index (χ4n) is 2.60. The molecular weight excluding hydrogens is 324 g/mol. The minimum Gasteiger partial charge on any atom is -0.472 e. The van der Waals surface area contributed by atoms with Crippen LogP contribution in [0.25, 0.3) is 0 Å². The van der Waals surface area contributed by atoms with Crippen molar-refractivity contribution in [2.24, 2.45) is 0 Å². The molecule has 0 saturated carbocycles. The first-order chi connectivity index (χ1) is 11.7. The van der Waals surface area contributed by atoms with Crippen LogP contribution in [0.5, 0.6) is 5.88 Å². The molecule has 6 nitrogen and oxygen atoms in total. The molecule has 0 aromatic carbocycles. The monoisotopic (exact) mass is 344 g/mol. The average Bonchev–Trinajstić information content (AvgIpc) is 2.61. The molecule has 3 heterocycles. The van der Waals surface area contributed by atoms with E-state index in [1.54, 1.807) is 24.7 Å². The number of nitrogens with zero attached hydrogens (tertiary/aromatic N) is 4. The second kappa shape index (κ2) is 8.10. The van der Waals surface area contributed by atoms with E-state index in [-0.39, 0.29) is 12.0 Å². The number of aryl methyl sites for hydroxylation is 1. The predicted molar refractivity (Wildman–Crippen MR) is 92.0 cm³/mol. The van der Waals surface area contributed by atoms with Gasteiger partial charge in [0.2, 0.25) is 11.8 Å². The number of aromatic nitrogens is 3. The van der Waals surface area contributed by atoms with E-state index in [0.717, 1.165) is 24.3 Å². The van der Waals surface area contributed by atoms with Crippen molar-refractivity contribution in [3.8, 4) is 5.88 Å². The molecule has 0 aliphatic carbocycles. The second-order valence-electron chi connectivity index (χ2n) is 5.64. The van der Waals surface area contributed by atoms with Gasteiger partial charge in [-0.05, 0) is 31.9 Å².